The summed E-state index contributed by atoms with van der Waals surface area (Å²) in [6, 6.07) is 4.26. The van der Waals surface area contributed by atoms with Crippen LogP contribution < -0.4 is 10.2 Å². The van der Waals surface area contributed by atoms with Gasteiger partial charge in [0.15, 0.2) is 0 Å². The first-order valence-corrected chi connectivity index (χ1v) is 7.88. The van der Waals surface area contributed by atoms with E-state index in [4.69, 9.17) is 0 Å². The molecule has 1 aromatic heterocycles. The predicted molar refractivity (Wildman–Crippen MR) is 82.4 cm³/mol. The highest BCUT2D eigenvalue weighted by atomic mass is 32.2. The van der Waals surface area contributed by atoms with Gasteiger partial charge in [-0.25, -0.2) is 4.98 Å². The number of hydrogen-bond acceptors (Lipinski definition) is 4. The number of nitrogens with zero attached hydrogens (tertiary/aromatic N) is 2. The molecule has 3 nitrogen and oxygen atoms in total. The van der Waals surface area contributed by atoms with Gasteiger partial charge in [-0.05, 0) is 36.4 Å². The van der Waals surface area contributed by atoms with E-state index in [1.807, 2.05) is 18.0 Å². The fourth-order valence-electron chi connectivity index (χ4n) is 1.63. The van der Waals surface area contributed by atoms with Crippen LogP contribution in [-0.2, 0) is 6.54 Å². The van der Waals surface area contributed by atoms with Gasteiger partial charge in [0.2, 0.25) is 0 Å². The van der Waals surface area contributed by atoms with Crippen molar-refractivity contribution in [3.63, 3.8) is 0 Å². The lowest BCUT2D eigenvalue weighted by Crippen LogP contribution is -2.22. The van der Waals surface area contributed by atoms with Crippen LogP contribution in [0.3, 0.4) is 0 Å². The number of hydrogen-bond donors (Lipinski definition) is 1. The zero-order valence-electron chi connectivity index (χ0n) is 11.9. The first-order valence-electron chi connectivity index (χ1n) is 6.49. The van der Waals surface area contributed by atoms with Crippen molar-refractivity contribution in [2.24, 2.45) is 5.92 Å². The lowest BCUT2D eigenvalue weighted by Gasteiger charge is -2.18. The topological polar surface area (TPSA) is 28.2 Å². The van der Waals surface area contributed by atoms with E-state index in [1.165, 1.54) is 5.56 Å². The van der Waals surface area contributed by atoms with Crippen molar-refractivity contribution in [1.82, 2.24) is 10.3 Å². The van der Waals surface area contributed by atoms with Crippen molar-refractivity contribution in [2.45, 2.75) is 20.4 Å². The second-order valence-corrected chi connectivity index (χ2v) is 5.95. The van der Waals surface area contributed by atoms with Crippen molar-refractivity contribution in [3.05, 3.63) is 23.9 Å². The number of aromatic nitrogens is 1. The minimum Gasteiger partial charge on any atom is -0.359 e. The maximum atomic E-state index is 4.42. The standard InChI is InChI=1S/C14H25N3S/c1-12(2)10-15-11-13-5-6-16-14(9-13)17(3)7-8-18-4/h5-6,9,12,15H,7-8,10-11H2,1-4H3. The van der Waals surface area contributed by atoms with Gasteiger partial charge in [-0.3, -0.25) is 0 Å². The molecule has 4 heteroatoms. The highest BCUT2D eigenvalue weighted by molar-refractivity contribution is 7.98. The molecule has 0 aliphatic rings. The van der Waals surface area contributed by atoms with Crippen LogP contribution in [0.25, 0.3) is 0 Å². The third-order valence-corrected chi connectivity index (χ3v) is 3.30. The summed E-state index contributed by atoms with van der Waals surface area (Å²) in [6.45, 7) is 7.46. The average molecular weight is 267 g/mol. The Hall–Kier alpha value is -0.740. The fourth-order valence-corrected chi connectivity index (χ4v) is 2.08. The molecule has 1 heterocycles. The first kappa shape index (κ1) is 15.3. The zero-order chi connectivity index (χ0) is 13.4. The summed E-state index contributed by atoms with van der Waals surface area (Å²) >= 11 is 1.86. The van der Waals surface area contributed by atoms with Crippen LogP contribution in [0, 0.1) is 5.92 Å². The van der Waals surface area contributed by atoms with Crippen LogP contribution in [0.5, 0.6) is 0 Å². The second kappa shape index (κ2) is 8.38. The van der Waals surface area contributed by atoms with E-state index in [9.17, 15) is 0 Å². The van der Waals surface area contributed by atoms with Crippen molar-refractivity contribution < 1.29 is 0 Å². The van der Waals surface area contributed by atoms with Gasteiger partial charge in [-0.15, -0.1) is 0 Å². The van der Waals surface area contributed by atoms with E-state index in [1.54, 1.807) is 0 Å². The molecule has 0 radical (unpaired) electrons. The van der Waals surface area contributed by atoms with Gasteiger partial charge in [0.05, 0.1) is 0 Å². The molecule has 0 aliphatic carbocycles. The lowest BCUT2D eigenvalue weighted by atomic mass is 10.2. The molecule has 1 aromatic rings. The van der Waals surface area contributed by atoms with Crippen molar-refractivity contribution in [2.75, 3.05) is 37.0 Å². The Morgan fingerprint density at radius 2 is 2.22 bits per heavy atom. The van der Waals surface area contributed by atoms with Gasteiger partial charge >= 0.3 is 0 Å². The van der Waals surface area contributed by atoms with Crippen molar-refractivity contribution in [3.8, 4) is 0 Å². The number of pyridine rings is 1. The molecule has 0 bridgehead atoms. The van der Waals surface area contributed by atoms with Gasteiger partial charge in [0, 0.05) is 32.1 Å². The van der Waals surface area contributed by atoms with E-state index in [0.29, 0.717) is 5.92 Å². The first-order chi connectivity index (χ1) is 8.63. The summed E-state index contributed by atoms with van der Waals surface area (Å²) in [7, 11) is 2.10. The zero-order valence-corrected chi connectivity index (χ0v) is 12.8. The molecule has 0 atom stereocenters. The highest BCUT2D eigenvalue weighted by Crippen LogP contribution is 2.11. The summed E-state index contributed by atoms with van der Waals surface area (Å²) < 4.78 is 0. The molecular formula is C14H25N3S. The third kappa shape index (κ3) is 5.74. The van der Waals surface area contributed by atoms with E-state index in [2.05, 4.69) is 54.5 Å². The molecular weight excluding hydrogens is 242 g/mol. The SMILES string of the molecule is CSCCN(C)c1cc(CNCC(C)C)ccn1. The number of anilines is 1. The molecule has 0 aliphatic heterocycles. The Morgan fingerprint density at radius 3 is 2.89 bits per heavy atom. The molecule has 18 heavy (non-hydrogen) atoms. The Kier molecular flexibility index (Phi) is 7.13. The molecule has 0 amide bonds. The van der Waals surface area contributed by atoms with E-state index >= 15 is 0 Å². The summed E-state index contributed by atoms with van der Waals surface area (Å²) in [5.41, 5.74) is 1.30. The van der Waals surface area contributed by atoms with E-state index < -0.39 is 0 Å². The fraction of sp³-hybridized carbons (Fsp3) is 0.643. The Bertz CT molecular complexity index is 342. The van der Waals surface area contributed by atoms with E-state index in [-0.39, 0.29) is 0 Å². The van der Waals surface area contributed by atoms with Gasteiger partial charge in [-0.1, -0.05) is 13.8 Å². The summed E-state index contributed by atoms with van der Waals surface area (Å²) in [5.74, 6) is 2.89. The van der Waals surface area contributed by atoms with Gasteiger partial charge < -0.3 is 10.2 Å². The molecule has 1 rings (SSSR count). The van der Waals surface area contributed by atoms with Crippen LogP contribution in [0.15, 0.2) is 18.3 Å². The maximum absolute atomic E-state index is 4.42. The van der Waals surface area contributed by atoms with Gasteiger partial charge in [0.25, 0.3) is 0 Å². The third-order valence-electron chi connectivity index (χ3n) is 2.71. The molecule has 0 fully saturated rings. The molecule has 102 valence electrons. The van der Waals surface area contributed by atoms with Crippen molar-refractivity contribution >= 4 is 17.6 Å². The minimum atomic E-state index is 0.690. The van der Waals surface area contributed by atoms with Crippen LogP contribution in [0.4, 0.5) is 5.82 Å². The van der Waals surface area contributed by atoms with Crippen LogP contribution in [-0.4, -0.2) is 37.1 Å². The molecule has 0 unspecified atom stereocenters. The summed E-state index contributed by atoms with van der Waals surface area (Å²) in [5, 5.41) is 3.46. The number of nitrogens with one attached hydrogen (secondary N) is 1. The summed E-state index contributed by atoms with van der Waals surface area (Å²) in [4.78, 5) is 6.64. The lowest BCUT2D eigenvalue weighted by molar-refractivity contribution is 0.552. The van der Waals surface area contributed by atoms with Crippen molar-refractivity contribution in [1.29, 1.82) is 0 Å². The van der Waals surface area contributed by atoms with Gasteiger partial charge in [-0.2, -0.15) is 11.8 Å². The molecule has 0 spiro atoms. The molecule has 0 saturated heterocycles. The average Bonchev–Trinajstić information content (AvgIpc) is 2.36. The maximum Gasteiger partial charge on any atom is 0.128 e. The van der Waals surface area contributed by atoms with Crippen LogP contribution in [0.2, 0.25) is 0 Å². The largest absolute Gasteiger partial charge is 0.359 e. The second-order valence-electron chi connectivity index (χ2n) is 4.96. The normalized spacial score (nSPS) is 10.9. The van der Waals surface area contributed by atoms with Crippen LogP contribution in [0.1, 0.15) is 19.4 Å². The minimum absolute atomic E-state index is 0.690. The Morgan fingerprint density at radius 1 is 1.44 bits per heavy atom. The number of thioether (sulfide) groups is 1. The van der Waals surface area contributed by atoms with E-state index in [0.717, 1.165) is 31.2 Å². The smallest absolute Gasteiger partial charge is 0.128 e. The van der Waals surface area contributed by atoms with Crippen LogP contribution >= 0.6 is 11.8 Å². The molecule has 0 saturated carbocycles. The summed E-state index contributed by atoms with van der Waals surface area (Å²) in [6.07, 6.45) is 4.03. The van der Waals surface area contributed by atoms with Gasteiger partial charge in [0.1, 0.15) is 5.82 Å². The Labute approximate surface area is 115 Å². The Balaban J connectivity index is 2.50. The monoisotopic (exact) mass is 267 g/mol. The molecule has 0 aromatic carbocycles. The molecule has 1 N–H and O–H groups in total. The highest BCUT2D eigenvalue weighted by Gasteiger charge is 2.03. The number of rotatable bonds is 8. The quantitative estimate of drug-likeness (QED) is 0.784. The predicted octanol–water partition coefficient (Wildman–Crippen LogP) is 2.63.